The molecule has 15 heavy (non-hydrogen) atoms. The van der Waals surface area contributed by atoms with Crippen molar-refractivity contribution in [3.8, 4) is 0 Å². The lowest BCUT2D eigenvalue weighted by Crippen LogP contribution is -2.32. The molecule has 1 aromatic heterocycles. The van der Waals surface area contributed by atoms with Crippen LogP contribution in [0.5, 0.6) is 0 Å². The number of rotatable bonds is 6. The van der Waals surface area contributed by atoms with E-state index in [-0.39, 0.29) is 11.8 Å². The predicted molar refractivity (Wildman–Crippen MR) is 65.1 cm³/mol. The minimum atomic E-state index is -0.274. The molecule has 0 fully saturated rings. The van der Waals surface area contributed by atoms with Gasteiger partial charge in [0.25, 0.3) is 0 Å². The molecule has 84 valence electrons. The van der Waals surface area contributed by atoms with Crippen molar-refractivity contribution < 1.29 is 4.79 Å². The highest BCUT2D eigenvalue weighted by atomic mass is 32.1. The molecule has 1 aromatic rings. The largest absolute Gasteiger partial charge is 0.322 e. The SMILES string of the molecule is CC(C)CC(N)C(=O)CCc1ccsc1. The van der Waals surface area contributed by atoms with Crippen LogP contribution in [0, 0.1) is 5.92 Å². The van der Waals surface area contributed by atoms with Crippen LogP contribution in [0.25, 0.3) is 0 Å². The lowest BCUT2D eigenvalue weighted by Gasteiger charge is -2.12. The number of carbonyl (C=O) groups excluding carboxylic acids is 1. The number of hydrogen-bond acceptors (Lipinski definition) is 3. The summed E-state index contributed by atoms with van der Waals surface area (Å²) < 4.78 is 0. The van der Waals surface area contributed by atoms with Gasteiger partial charge in [-0.1, -0.05) is 13.8 Å². The van der Waals surface area contributed by atoms with Crippen molar-refractivity contribution in [2.45, 2.75) is 39.2 Å². The first-order chi connectivity index (χ1) is 7.09. The number of thiophene rings is 1. The van der Waals surface area contributed by atoms with Gasteiger partial charge in [-0.05, 0) is 41.1 Å². The van der Waals surface area contributed by atoms with Crippen LogP contribution in [0.4, 0.5) is 0 Å². The molecule has 0 saturated carbocycles. The number of ketones is 1. The molecule has 0 aliphatic carbocycles. The maximum Gasteiger partial charge on any atom is 0.149 e. The van der Waals surface area contributed by atoms with Crippen molar-refractivity contribution in [1.29, 1.82) is 0 Å². The van der Waals surface area contributed by atoms with E-state index >= 15 is 0 Å². The molecule has 0 bridgehead atoms. The monoisotopic (exact) mass is 225 g/mol. The third-order valence-corrected chi connectivity index (χ3v) is 3.11. The van der Waals surface area contributed by atoms with E-state index < -0.39 is 0 Å². The minimum absolute atomic E-state index is 0.190. The quantitative estimate of drug-likeness (QED) is 0.808. The summed E-state index contributed by atoms with van der Waals surface area (Å²) in [4.78, 5) is 11.7. The molecule has 1 unspecified atom stereocenters. The van der Waals surface area contributed by atoms with Gasteiger partial charge in [-0.2, -0.15) is 11.3 Å². The fourth-order valence-corrected chi connectivity index (χ4v) is 2.23. The van der Waals surface area contributed by atoms with Gasteiger partial charge in [0.2, 0.25) is 0 Å². The Kier molecular flexibility index (Phi) is 4.99. The van der Waals surface area contributed by atoms with Crippen molar-refractivity contribution in [2.75, 3.05) is 0 Å². The summed E-state index contributed by atoms with van der Waals surface area (Å²) in [6.07, 6.45) is 2.20. The van der Waals surface area contributed by atoms with E-state index in [4.69, 9.17) is 5.73 Å². The van der Waals surface area contributed by atoms with Crippen LogP contribution in [-0.4, -0.2) is 11.8 Å². The number of nitrogens with two attached hydrogens (primary N) is 1. The maximum absolute atomic E-state index is 11.7. The minimum Gasteiger partial charge on any atom is -0.322 e. The molecule has 3 heteroatoms. The van der Waals surface area contributed by atoms with Gasteiger partial charge in [0, 0.05) is 6.42 Å². The average Bonchev–Trinajstić information content (AvgIpc) is 2.65. The summed E-state index contributed by atoms with van der Waals surface area (Å²) in [5.74, 6) is 0.681. The standard InChI is InChI=1S/C12H19NOS/c1-9(2)7-11(13)12(14)4-3-10-5-6-15-8-10/h5-6,8-9,11H,3-4,7,13H2,1-2H3. The molecule has 2 N–H and O–H groups in total. The summed E-state index contributed by atoms with van der Waals surface area (Å²) in [6.45, 7) is 4.18. The van der Waals surface area contributed by atoms with Crippen LogP contribution in [0.3, 0.4) is 0 Å². The van der Waals surface area contributed by atoms with Crippen LogP contribution in [0.1, 0.15) is 32.3 Å². The van der Waals surface area contributed by atoms with Gasteiger partial charge >= 0.3 is 0 Å². The molecule has 0 saturated heterocycles. The van der Waals surface area contributed by atoms with E-state index in [0.717, 1.165) is 12.8 Å². The van der Waals surface area contributed by atoms with Crippen LogP contribution in [0.2, 0.25) is 0 Å². The number of Topliss-reactive ketones (excluding diaryl/α,β-unsaturated/α-hetero) is 1. The lowest BCUT2D eigenvalue weighted by atomic mass is 9.98. The Hall–Kier alpha value is -0.670. The van der Waals surface area contributed by atoms with Gasteiger partial charge in [-0.15, -0.1) is 0 Å². The summed E-state index contributed by atoms with van der Waals surface area (Å²) in [5, 5.41) is 4.12. The molecule has 1 rings (SSSR count). The molecular formula is C12H19NOS. The highest BCUT2D eigenvalue weighted by molar-refractivity contribution is 7.07. The zero-order valence-corrected chi connectivity index (χ0v) is 10.2. The summed E-state index contributed by atoms with van der Waals surface area (Å²) >= 11 is 1.67. The van der Waals surface area contributed by atoms with E-state index in [1.54, 1.807) is 11.3 Å². The second-order valence-corrected chi connectivity index (χ2v) is 5.11. The van der Waals surface area contributed by atoms with Gasteiger partial charge in [-0.3, -0.25) is 4.79 Å². The Labute approximate surface area is 95.5 Å². The topological polar surface area (TPSA) is 43.1 Å². The van der Waals surface area contributed by atoms with Crippen molar-refractivity contribution in [3.05, 3.63) is 22.4 Å². The molecule has 0 spiro atoms. The average molecular weight is 225 g/mol. The predicted octanol–water partition coefficient (Wildman–Crippen LogP) is 2.62. The van der Waals surface area contributed by atoms with E-state index in [2.05, 4.69) is 25.3 Å². The highest BCUT2D eigenvalue weighted by Gasteiger charge is 2.14. The molecule has 1 atom stereocenters. The van der Waals surface area contributed by atoms with Gasteiger partial charge in [0.1, 0.15) is 5.78 Å². The molecule has 0 aliphatic rings. The summed E-state index contributed by atoms with van der Waals surface area (Å²) in [5.41, 5.74) is 7.05. The molecule has 0 aromatic carbocycles. The maximum atomic E-state index is 11.7. The number of hydrogen-bond donors (Lipinski definition) is 1. The summed E-state index contributed by atoms with van der Waals surface area (Å²) in [7, 11) is 0. The second kappa shape index (κ2) is 6.03. The van der Waals surface area contributed by atoms with E-state index in [0.29, 0.717) is 12.3 Å². The van der Waals surface area contributed by atoms with Gasteiger partial charge in [0.15, 0.2) is 0 Å². The van der Waals surface area contributed by atoms with E-state index in [9.17, 15) is 4.79 Å². The second-order valence-electron chi connectivity index (χ2n) is 4.33. The molecule has 0 aliphatic heterocycles. The Bertz CT molecular complexity index is 293. The molecular weight excluding hydrogens is 206 g/mol. The molecule has 0 amide bonds. The zero-order chi connectivity index (χ0) is 11.3. The summed E-state index contributed by atoms with van der Waals surface area (Å²) in [6, 6.07) is 1.79. The van der Waals surface area contributed by atoms with Crippen LogP contribution < -0.4 is 5.73 Å². The van der Waals surface area contributed by atoms with Crippen LogP contribution >= 0.6 is 11.3 Å². The normalized spacial score (nSPS) is 13.1. The Balaban J connectivity index is 2.29. The molecule has 0 radical (unpaired) electrons. The third kappa shape index (κ3) is 4.58. The van der Waals surface area contributed by atoms with E-state index in [1.165, 1.54) is 5.56 Å². The fourth-order valence-electron chi connectivity index (χ4n) is 1.53. The number of carbonyl (C=O) groups is 1. The number of aryl methyl sites for hydroxylation is 1. The third-order valence-electron chi connectivity index (χ3n) is 2.38. The van der Waals surface area contributed by atoms with Gasteiger partial charge < -0.3 is 5.73 Å². The Morgan fingerprint density at radius 3 is 2.80 bits per heavy atom. The van der Waals surface area contributed by atoms with Crippen molar-refractivity contribution in [3.63, 3.8) is 0 Å². The van der Waals surface area contributed by atoms with E-state index in [1.807, 2.05) is 5.38 Å². The Morgan fingerprint density at radius 1 is 1.53 bits per heavy atom. The zero-order valence-electron chi connectivity index (χ0n) is 9.40. The fraction of sp³-hybridized carbons (Fsp3) is 0.583. The lowest BCUT2D eigenvalue weighted by molar-refractivity contribution is -0.120. The first kappa shape index (κ1) is 12.4. The van der Waals surface area contributed by atoms with Crippen molar-refractivity contribution >= 4 is 17.1 Å². The smallest absolute Gasteiger partial charge is 0.149 e. The van der Waals surface area contributed by atoms with Crippen molar-refractivity contribution in [1.82, 2.24) is 0 Å². The van der Waals surface area contributed by atoms with Gasteiger partial charge in [-0.25, -0.2) is 0 Å². The Morgan fingerprint density at radius 2 is 2.27 bits per heavy atom. The molecule has 1 heterocycles. The highest BCUT2D eigenvalue weighted by Crippen LogP contribution is 2.11. The first-order valence-corrected chi connectivity index (χ1v) is 6.33. The first-order valence-electron chi connectivity index (χ1n) is 5.39. The van der Waals surface area contributed by atoms with Crippen LogP contribution in [0.15, 0.2) is 16.8 Å². The van der Waals surface area contributed by atoms with Crippen LogP contribution in [-0.2, 0) is 11.2 Å². The molecule has 2 nitrogen and oxygen atoms in total. The van der Waals surface area contributed by atoms with Crippen molar-refractivity contribution in [2.24, 2.45) is 11.7 Å². The van der Waals surface area contributed by atoms with Gasteiger partial charge in [0.05, 0.1) is 6.04 Å².